The number of halogens is 1. The molecule has 0 spiro atoms. The summed E-state index contributed by atoms with van der Waals surface area (Å²) in [5.41, 5.74) is 6.47. The number of carbonyl (C=O) groups is 1. The molecule has 0 unspecified atom stereocenters. The second-order valence-electron chi connectivity index (χ2n) is 5.91. The lowest BCUT2D eigenvalue weighted by molar-refractivity contribution is -0.134. The molecule has 19 heavy (non-hydrogen) atoms. The van der Waals surface area contributed by atoms with Gasteiger partial charge in [0.1, 0.15) is 0 Å². The van der Waals surface area contributed by atoms with Crippen LogP contribution in [0.4, 0.5) is 0 Å². The highest BCUT2D eigenvalue weighted by Gasteiger charge is 2.23. The second kappa shape index (κ2) is 6.40. The predicted octanol–water partition coefficient (Wildman–Crippen LogP) is 3.20. The number of benzene rings is 1. The fraction of sp³-hybridized carbons (Fsp3) is 0.533. The van der Waals surface area contributed by atoms with Crippen molar-refractivity contribution in [3.05, 3.63) is 34.9 Å². The van der Waals surface area contributed by atoms with Crippen molar-refractivity contribution >= 4 is 17.5 Å². The molecular formula is C15H23ClN2O. The number of rotatable bonds is 5. The van der Waals surface area contributed by atoms with Gasteiger partial charge in [-0.3, -0.25) is 4.79 Å². The standard InChI is InChI=1S/C15H23ClN2O/c1-11(2)18(14(19)9-15(3,4)17)10-12-6-5-7-13(16)8-12/h5-8,11H,9-10,17H2,1-4H3. The van der Waals surface area contributed by atoms with Gasteiger partial charge in [0, 0.05) is 29.6 Å². The van der Waals surface area contributed by atoms with Crippen molar-refractivity contribution < 1.29 is 4.79 Å². The average molecular weight is 283 g/mol. The van der Waals surface area contributed by atoms with E-state index in [0.29, 0.717) is 18.0 Å². The minimum absolute atomic E-state index is 0.0717. The van der Waals surface area contributed by atoms with Crippen molar-refractivity contribution in [3.63, 3.8) is 0 Å². The average Bonchev–Trinajstić information content (AvgIpc) is 2.23. The summed E-state index contributed by atoms with van der Waals surface area (Å²) in [6.45, 7) is 8.30. The van der Waals surface area contributed by atoms with Crippen LogP contribution < -0.4 is 5.73 Å². The van der Waals surface area contributed by atoms with E-state index in [4.69, 9.17) is 17.3 Å². The topological polar surface area (TPSA) is 46.3 Å². The van der Waals surface area contributed by atoms with Gasteiger partial charge in [0.2, 0.25) is 5.91 Å². The van der Waals surface area contributed by atoms with Crippen LogP contribution in [-0.2, 0) is 11.3 Å². The maximum absolute atomic E-state index is 12.3. The molecule has 0 aromatic heterocycles. The molecule has 0 atom stereocenters. The quantitative estimate of drug-likeness (QED) is 0.901. The van der Waals surface area contributed by atoms with Gasteiger partial charge in [0.25, 0.3) is 0 Å². The van der Waals surface area contributed by atoms with Crippen LogP contribution in [0, 0.1) is 0 Å². The Kier molecular flexibility index (Phi) is 5.39. The maximum Gasteiger partial charge on any atom is 0.224 e. The van der Waals surface area contributed by atoms with E-state index >= 15 is 0 Å². The molecule has 0 saturated heterocycles. The molecular weight excluding hydrogens is 260 g/mol. The number of hydrogen-bond donors (Lipinski definition) is 1. The molecule has 0 aliphatic heterocycles. The highest BCUT2D eigenvalue weighted by molar-refractivity contribution is 6.30. The van der Waals surface area contributed by atoms with E-state index in [0.717, 1.165) is 5.56 Å². The van der Waals surface area contributed by atoms with Crippen LogP contribution in [0.5, 0.6) is 0 Å². The van der Waals surface area contributed by atoms with E-state index < -0.39 is 5.54 Å². The largest absolute Gasteiger partial charge is 0.336 e. The monoisotopic (exact) mass is 282 g/mol. The van der Waals surface area contributed by atoms with E-state index in [2.05, 4.69) is 0 Å². The molecule has 106 valence electrons. The molecule has 1 rings (SSSR count). The molecule has 0 radical (unpaired) electrons. The normalized spacial score (nSPS) is 11.7. The van der Waals surface area contributed by atoms with Gasteiger partial charge in [0.15, 0.2) is 0 Å². The van der Waals surface area contributed by atoms with Gasteiger partial charge in [-0.1, -0.05) is 23.7 Å². The van der Waals surface area contributed by atoms with Crippen molar-refractivity contribution in [2.45, 2.75) is 52.2 Å². The minimum atomic E-state index is -0.488. The van der Waals surface area contributed by atoms with Crippen molar-refractivity contribution in [3.8, 4) is 0 Å². The first kappa shape index (κ1) is 16.0. The van der Waals surface area contributed by atoms with Crippen LogP contribution in [0.2, 0.25) is 5.02 Å². The first-order valence-electron chi connectivity index (χ1n) is 6.52. The summed E-state index contributed by atoms with van der Waals surface area (Å²) < 4.78 is 0. The second-order valence-corrected chi connectivity index (χ2v) is 6.35. The number of nitrogens with zero attached hydrogens (tertiary/aromatic N) is 1. The third-order valence-electron chi connectivity index (χ3n) is 2.79. The van der Waals surface area contributed by atoms with Gasteiger partial charge < -0.3 is 10.6 Å². The lowest BCUT2D eigenvalue weighted by Gasteiger charge is -2.30. The minimum Gasteiger partial charge on any atom is -0.336 e. The van der Waals surface area contributed by atoms with Crippen LogP contribution in [0.25, 0.3) is 0 Å². The van der Waals surface area contributed by atoms with Crippen molar-refractivity contribution in [1.29, 1.82) is 0 Å². The van der Waals surface area contributed by atoms with Crippen molar-refractivity contribution in [2.24, 2.45) is 5.73 Å². The molecule has 3 nitrogen and oxygen atoms in total. The Morgan fingerprint density at radius 2 is 2.05 bits per heavy atom. The fourth-order valence-electron chi connectivity index (χ4n) is 1.88. The molecule has 0 fully saturated rings. The third-order valence-corrected chi connectivity index (χ3v) is 3.03. The Balaban J connectivity index is 2.81. The van der Waals surface area contributed by atoms with E-state index in [1.807, 2.05) is 56.9 Å². The predicted molar refractivity (Wildman–Crippen MR) is 80.0 cm³/mol. The number of nitrogens with two attached hydrogens (primary N) is 1. The lowest BCUT2D eigenvalue weighted by atomic mass is 10.0. The van der Waals surface area contributed by atoms with Crippen LogP contribution in [0.3, 0.4) is 0 Å². The van der Waals surface area contributed by atoms with Gasteiger partial charge in [-0.05, 0) is 45.4 Å². The van der Waals surface area contributed by atoms with Crippen LogP contribution in [0.1, 0.15) is 39.7 Å². The summed E-state index contributed by atoms with van der Waals surface area (Å²) in [4.78, 5) is 14.1. The van der Waals surface area contributed by atoms with Gasteiger partial charge >= 0.3 is 0 Å². The van der Waals surface area contributed by atoms with E-state index in [1.54, 1.807) is 0 Å². The molecule has 0 bridgehead atoms. The molecule has 0 aliphatic carbocycles. The van der Waals surface area contributed by atoms with Crippen LogP contribution in [0.15, 0.2) is 24.3 Å². The zero-order chi connectivity index (χ0) is 14.6. The SMILES string of the molecule is CC(C)N(Cc1cccc(Cl)c1)C(=O)CC(C)(C)N. The fourth-order valence-corrected chi connectivity index (χ4v) is 2.09. The highest BCUT2D eigenvalue weighted by Crippen LogP contribution is 2.16. The van der Waals surface area contributed by atoms with Gasteiger partial charge in [-0.15, -0.1) is 0 Å². The van der Waals surface area contributed by atoms with E-state index in [1.165, 1.54) is 0 Å². The zero-order valence-electron chi connectivity index (χ0n) is 12.1. The summed E-state index contributed by atoms with van der Waals surface area (Å²) in [5, 5.41) is 0.688. The molecule has 1 aromatic carbocycles. The summed E-state index contributed by atoms with van der Waals surface area (Å²) in [7, 11) is 0. The summed E-state index contributed by atoms with van der Waals surface area (Å²) in [6.07, 6.45) is 0.339. The van der Waals surface area contributed by atoms with E-state index in [-0.39, 0.29) is 11.9 Å². The third kappa shape index (κ3) is 5.62. The summed E-state index contributed by atoms with van der Waals surface area (Å²) in [5.74, 6) is 0.0717. The lowest BCUT2D eigenvalue weighted by Crippen LogP contribution is -2.43. The molecule has 1 amide bonds. The number of carbonyl (C=O) groups excluding carboxylic acids is 1. The first-order chi connectivity index (χ1) is 8.69. The Morgan fingerprint density at radius 3 is 2.53 bits per heavy atom. The van der Waals surface area contributed by atoms with Crippen molar-refractivity contribution in [1.82, 2.24) is 4.90 Å². The molecule has 0 saturated carbocycles. The Hall–Kier alpha value is -1.06. The Bertz CT molecular complexity index is 438. The zero-order valence-corrected chi connectivity index (χ0v) is 12.9. The van der Waals surface area contributed by atoms with Crippen LogP contribution in [-0.4, -0.2) is 22.4 Å². The smallest absolute Gasteiger partial charge is 0.224 e. The number of hydrogen-bond acceptors (Lipinski definition) is 2. The first-order valence-corrected chi connectivity index (χ1v) is 6.89. The molecule has 0 heterocycles. The Labute approximate surface area is 120 Å². The number of amides is 1. The molecule has 4 heteroatoms. The van der Waals surface area contributed by atoms with Gasteiger partial charge in [-0.25, -0.2) is 0 Å². The molecule has 1 aromatic rings. The van der Waals surface area contributed by atoms with E-state index in [9.17, 15) is 4.79 Å². The maximum atomic E-state index is 12.3. The summed E-state index contributed by atoms with van der Waals surface area (Å²) >= 11 is 5.97. The van der Waals surface area contributed by atoms with Crippen LogP contribution >= 0.6 is 11.6 Å². The van der Waals surface area contributed by atoms with Crippen molar-refractivity contribution in [2.75, 3.05) is 0 Å². The molecule has 0 aliphatic rings. The Morgan fingerprint density at radius 1 is 1.42 bits per heavy atom. The highest BCUT2D eigenvalue weighted by atomic mass is 35.5. The summed E-state index contributed by atoms with van der Waals surface area (Å²) in [6, 6.07) is 7.72. The molecule has 2 N–H and O–H groups in total. The van der Waals surface area contributed by atoms with Gasteiger partial charge in [0.05, 0.1) is 0 Å². The van der Waals surface area contributed by atoms with Gasteiger partial charge in [-0.2, -0.15) is 0 Å².